The Morgan fingerprint density at radius 3 is 3.10 bits per heavy atom. The molecule has 0 unspecified atom stereocenters. The van der Waals surface area contributed by atoms with E-state index in [1.54, 1.807) is 11.3 Å². The van der Waals surface area contributed by atoms with Gasteiger partial charge in [0.25, 0.3) is 0 Å². The van der Waals surface area contributed by atoms with E-state index in [0.29, 0.717) is 32.6 Å². The number of hydrogen-bond acceptors (Lipinski definition) is 4. The summed E-state index contributed by atoms with van der Waals surface area (Å²) in [5.74, 6) is 5.91. The Balaban J connectivity index is 2.25. The SMILES string of the molecule is CCOCCCC(=O)NCc1ccc(C#CCCO)s1. The van der Waals surface area contributed by atoms with Crippen LogP contribution in [-0.2, 0) is 16.1 Å². The van der Waals surface area contributed by atoms with Crippen LogP contribution in [0.5, 0.6) is 0 Å². The Hall–Kier alpha value is -1.35. The molecule has 1 aromatic rings. The lowest BCUT2D eigenvalue weighted by molar-refractivity contribution is -0.121. The van der Waals surface area contributed by atoms with Crippen LogP contribution >= 0.6 is 11.3 Å². The van der Waals surface area contributed by atoms with Gasteiger partial charge in [0, 0.05) is 30.9 Å². The van der Waals surface area contributed by atoms with Gasteiger partial charge in [-0.1, -0.05) is 11.8 Å². The van der Waals surface area contributed by atoms with Crippen molar-refractivity contribution in [1.82, 2.24) is 5.32 Å². The zero-order chi connectivity index (χ0) is 14.6. The molecule has 0 aliphatic heterocycles. The highest BCUT2D eigenvalue weighted by atomic mass is 32.1. The molecule has 0 saturated heterocycles. The van der Waals surface area contributed by atoms with Gasteiger partial charge >= 0.3 is 0 Å². The standard InChI is InChI=1S/C15H21NO3S/c1-2-19-11-5-7-15(18)16-12-14-9-8-13(20-14)6-3-4-10-17/h8-9,17H,2,4-5,7,10-12H2,1H3,(H,16,18). The lowest BCUT2D eigenvalue weighted by Crippen LogP contribution is -2.22. The average Bonchev–Trinajstić information content (AvgIpc) is 2.90. The number of aliphatic hydroxyl groups is 1. The van der Waals surface area contributed by atoms with Crippen LogP contribution in [0.25, 0.3) is 0 Å². The Labute approximate surface area is 124 Å². The zero-order valence-corrected chi connectivity index (χ0v) is 12.6. The second kappa shape index (κ2) is 10.4. The number of thiophene rings is 1. The summed E-state index contributed by atoms with van der Waals surface area (Å²) < 4.78 is 5.19. The average molecular weight is 295 g/mol. The van der Waals surface area contributed by atoms with Crippen LogP contribution in [-0.4, -0.2) is 30.8 Å². The Kier molecular flexibility index (Phi) is 8.72. The number of rotatable bonds is 8. The van der Waals surface area contributed by atoms with E-state index in [4.69, 9.17) is 9.84 Å². The lowest BCUT2D eigenvalue weighted by Gasteiger charge is -2.03. The van der Waals surface area contributed by atoms with Crippen LogP contribution in [0.2, 0.25) is 0 Å². The lowest BCUT2D eigenvalue weighted by atomic mass is 10.3. The normalized spacial score (nSPS) is 9.90. The van der Waals surface area contributed by atoms with Crippen molar-refractivity contribution < 1.29 is 14.6 Å². The molecule has 110 valence electrons. The predicted octanol–water partition coefficient (Wildman–Crippen LogP) is 1.91. The minimum atomic E-state index is 0.0472. The molecule has 5 heteroatoms. The topological polar surface area (TPSA) is 58.6 Å². The summed E-state index contributed by atoms with van der Waals surface area (Å²) in [6.45, 7) is 3.89. The van der Waals surface area contributed by atoms with E-state index in [9.17, 15) is 4.79 Å². The van der Waals surface area contributed by atoms with Crippen molar-refractivity contribution in [2.75, 3.05) is 19.8 Å². The van der Waals surface area contributed by atoms with E-state index in [-0.39, 0.29) is 12.5 Å². The summed E-state index contributed by atoms with van der Waals surface area (Å²) in [6.07, 6.45) is 1.74. The molecule has 0 fully saturated rings. The molecule has 0 radical (unpaired) electrons. The van der Waals surface area contributed by atoms with Crippen LogP contribution in [0, 0.1) is 11.8 Å². The summed E-state index contributed by atoms with van der Waals surface area (Å²) in [7, 11) is 0. The number of aliphatic hydroxyl groups excluding tert-OH is 1. The molecule has 1 rings (SSSR count). The first-order valence-electron chi connectivity index (χ1n) is 6.79. The maximum absolute atomic E-state index is 11.6. The van der Waals surface area contributed by atoms with E-state index in [1.165, 1.54) is 0 Å². The Bertz CT molecular complexity index is 459. The predicted molar refractivity (Wildman–Crippen MR) is 80.5 cm³/mol. The quantitative estimate of drug-likeness (QED) is 0.569. The van der Waals surface area contributed by atoms with Crippen LogP contribution in [0.4, 0.5) is 0 Å². The van der Waals surface area contributed by atoms with Crippen LogP contribution in [0.1, 0.15) is 35.9 Å². The fourth-order valence-electron chi connectivity index (χ4n) is 1.50. The maximum Gasteiger partial charge on any atom is 0.220 e. The summed E-state index contributed by atoms with van der Waals surface area (Å²) >= 11 is 1.56. The van der Waals surface area contributed by atoms with Crippen molar-refractivity contribution in [2.45, 2.75) is 32.7 Å². The molecule has 0 aliphatic carbocycles. The highest BCUT2D eigenvalue weighted by Gasteiger charge is 2.03. The first-order chi connectivity index (χ1) is 9.76. The molecule has 0 aromatic carbocycles. The number of ether oxygens (including phenoxy) is 1. The number of nitrogens with one attached hydrogen (secondary N) is 1. The van der Waals surface area contributed by atoms with Gasteiger partial charge in [-0.15, -0.1) is 11.3 Å². The minimum absolute atomic E-state index is 0.0472. The van der Waals surface area contributed by atoms with Gasteiger partial charge in [-0.2, -0.15) is 0 Å². The monoisotopic (exact) mass is 295 g/mol. The second-order valence-electron chi connectivity index (χ2n) is 4.12. The molecule has 0 saturated carbocycles. The third-order valence-electron chi connectivity index (χ3n) is 2.47. The first-order valence-corrected chi connectivity index (χ1v) is 7.60. The van der Waals surface area contributed by atoms with Crippen molar-refractivity contribution in [1.29, 1.82) is 0 Å². The van der Waals surface area contributed by atoms with E-state index in [1.807, 2.05) is 19.1 Å². The third-order valence-corrected chi connectivity index (χ3v) is 3.47. The molecular formula is C15H21NO3S. The molecule has 1 amide bonds. The molecular weight excluding hydrogens is 274 g/mol. The van der Waals surface area contributed by atoms with Gasteiger partial charge in [-0.25, -0.2) is 0 Å². The Morgan fingerprint density at radius 2 is 2.35 bits per heavy atom. The van der Waals surface area contributed by atoms with Gasteiger partial charge in [0.15, 0.2) is 0 Å². The van der Waals surface area contributed by atoms with Gasteiger partial charge in [-0.3, -0.25) is 4.79 Å². The fourth-order valence-corrected chi connectivity index (χ4v) is 2.32. The summed E-state index contributed by atoms with van der Waals surface area (Å²) in [6, 6.07) is 3.90. The van der Waals surface area contributed by atoms with Gasteiger partial charge in [0.2, 0.25) is 5.91 Å². The van der Waals surface area contributed by atoms with Crippen LogP contribution in [0.15, 0.2) is 12.1 Å². The van der Waals surface area contributed by atoms with Crippen LogP contribution in [0.3, 0.4) is 0 Å². The molecule has 4 nitrogen and oxygen atoms in total. The largest absolute Gasteiger partial charge is 0.395 e. The highest BCUT2D eigenvalue weighted by Crippen LogP contribution is 2.15. The van der Waals surface area contributed by atoms with Crippen LogP contribution < -0.4 is 5.32 Å². The van der Waals surface area contributed by atoms with E-state index in [0.717, 1.165) is 16.2 Å². The number of carbonyl (C=O) groups excluding carboxylic acids is 1. The number of hydrogen-bond donors (Lipinski definition) is 2. The van der Waals surface area contributed by atoms with E-state index < -0.39 is 0 Å². The summed E-state index contributed by atoms with van der Waals surface area (Å²) in [4.78, 5) is 13.6. The number of carbonyl (C=O) groups is 1. The molecule has 0 atom stereocenters. The van der Waals surface area contributed by atoms with Crippen molar-refractivity contribution in [3.05, 3.63) is 21.9 Å². The highest BCUT2D eigenvalue weighted by molar-refractivity contribution is 7.12. The van der Waals surface area contributed by atoms with E-state index >= 15 is 0 Å². The third kappa shape index (κ3) is 7.29. The molecule has 0 aliphatic rings. The van der Waals surface area contributed by atoms with Crippen molar-refractivity contribution >= 4 is 17.2 Å². The van der Waals surface area contributed by atoms with Crippen molar-refractivity contribution in [2.24, 2.45) is 0 Å². The van der Waals surface area contributed by atoms with Gasteiger partial charge in [0.1, 0.15) is 0 Å². The molecule has 20 heavy (non-hydrogen) atoms. The smallest absolute Gasteiger partial charge is 0.220 e. The summed E-state index contributed by atoms with van der Waals surface area (Å²) in [5, 5.41) is 11.5. The molecule has 2 N–H and O–H groups in total. The Morgan fingerprint density at radius 1 is 1.50 bits per heavy atom. The molecule has 1 aromatic heterocycles. The molecule has 1 heterocycles. The first kappa shape index (κ1) is 16.7. The maximum atomic E-state index is 11.6. The second-order valence-corrected chi connectivity index (χ2v) is 5.29. The van der Waals surface area contributed by atoms with Gasteiger partial charge < -0.3 is 15.2 Å². The number of amides is 1. The fraction of sp³-hybridized carbons (Fsp3) is 0.533. The van der Waals surface area contributed by atoms with E-state index in [2.05, 4.69) is 17.2 Å². The van der Waals surface area contributed by atoms with Crippen molar-refractivity contribution in [3.8, 4) is 11.8 Å². The zero-order valence-electron chi connectivity index (χ0n) is 11.8. The summed E-state index contributed by atoms with van der Waals surface area (Å²) in [5.41, 5.74) is 0. The molecule has 0 spiro atoms. The minimum Gasteiger partial charge on any atom is -0.395 e. The molecule has 0 bridgehead atoms. The van der Waals surface area contributed by atoms with Crippen molar-refractivity contribution in [3.63, 3.8) is 0 Å². The van der Waals surface area contributed by atoms with Gasteiger partial charge in [-0.05, 0) is 25.5 Å². The van der Waals surface area contributed by atoms with Gasteiger partial charge in [0.05, 0.1) is 18.0 Å².